The average Bonchev–Trinajstić information content (AvgIpc) is 3.01. The van der Waals surface area contributed by atoms with Gasteiger partial charge in [0.2, 0.25) is 5.03 Å². The number of hydrogen-bond acceptors (Lipinski definition) is 5. The van der Waals surface area contributed by atoms with Gasteiger partial charge in [0, 0.05) is 13.6 Å². The third-order valence-corrected chi connectivity index (χ3v) is 4.96. The van der Waals surface area contributed by atoms with Crippen molar-refractivity contribution in [3.05, 3.63) is 35.6 Å². The molecule has 0 fully saturated rings. The molecule has 7 nitrogen and oxygen atoms in total. The van der Waals surface area contributed by atoms with Gasteiger partial charge in [-0.25, -0.2) is 18.1 Å². The van der Waals surface area contributed by atoms with Gasteiger partial charge in [-0.15, -0.1) is 0 Å². The van der Waals surface area contributed by atoms with Crippen LogP contribution in [-0.2, 0) is 17.1 Å². The Balaban J connectivity index is 2.15. The van der Waals surface area contributed by atoms with Crippen molar-refractivity contribution in [3.63, 3.8) is 0 Å². The fraction of sp³-hybridized carbons (Fsp3) is 0.417. The minimum Gasteiger partial charge on any atom is -0.468 e. The van der Waals surface area contributed by atoms with E-state index in [2.05, 4.69) is 9.71 Å². The van der Waals surface area contributed by atoms with Crippen LogP contribution in [0, 0.1) is 0 Å². The molecule has 0 aromatic carbocycles. The fourth-order valence-corrected chi connectivity index (χ4v) is 3.31. The molecule has 0 aliphatic rings. The summed E-state index contributed by atoms with van der Waals surface area (Å²) in [6.45, 7) is 0.149. The molecule has 2 rings (SSSR count). The highest BCUT2D eigenvalue weighted by Crippen LogP contribution is 2.21. The predicted octanol–water partition coefficient (Wildman–Crippen LogP) is 1.25. The Hall–Kier alpha value is -1.35. The van der Waals surface area contributed by atoms with Crippen molar-refractivity contribution < 1.29 is 12.8 Å². The van der Waals surface area contributed by atoms with E-state index in [4.69, 9.17) is 16.0 Å². The van der Waals surface area contributed by atoms with Crippen LogP contribution in [0.4, 0.5) is 0 Å². The molecule has 0 saturated heterocycles. The number of nitrogens with one attached hydrogen (secondary N) is 1. The van der Waals surface area contributed by atoms with E-state index >= 15 is 0 Å². The van der Waals surface area contributed by atoms with Crippen LogP contribution in [0.5, 0.6) is 0 Å². The molecule has 0 saturated carbocycles. The third-order valence-electron chi connectivity index (χ3n) is 3.05. The Kier molecular flexibility index (Phi) is 4.72. The summed E-state index contributed by atoms with van der Waals surface area (Å²) < 4.78 is 33.8. The number of imidazole rings is 1. The summed E-state index contributed by atoms with van der Waals surface area (Å²) in [6.07, 6.45) is 2.91. The summed E-state index contributed by atoms with van der Waals surface area (Å²) in [4.78, 5) is 5.68. The topological polar surface area (TPSA) is 80.4 Å². The summed E-state index contributed by atoms with van der Waals surface area (Å²) in [5.41, 5.74) is 0. The van der Waals surface area contributed by atoms with E-state index in [0.29, 0.717) is 5.76 Å². The number of aryl methyl sites for hydroxylation is 1. The Morgan fingerprint density at radius 1 is 1.52 bits per heavy atom. The molecule has 0 radical (unpaired) electrons. The van der Waals surface area contributed by atoms with E-state index in [0.717, 1.165) is 0 Å². The Morgan fingerprint density at radius 3 is 2.71 bits per heavy atom. The van der Waals surface area contributed by atoms with Crippen LogP contribution < -0.4 is 4.72 Å². The van der Waals surface area contributed by atoms with Crippen molar-refractivity contribution >= 4 is 21.6 Å². The molecule has 0 aliphatic heterocycles. The number of aromatic nitrogens is 2. The van der Waals surface area contributed by atoms with Gasteiger partial charge in [0.15, 0.2) is 0 Å². The Bertz CT molecular complexity index is 694. The van der Waals surface area contributed by atoms with Gasteiger partial charge in [0.1, 0.15) is 10.9 Å². The zero-order valence-electron chi connectivity index (χ0n) is 11.9. The molecule has 0 aliphatic carbocycles. The van der Waals surface area contributed by atoms with Gasteiger partial charge in [-0.05, 0) is 26.2 Å². The van der Waals surface area contributed by atoms with E-state index in [9.17, 15) is 8.42 Å². The van der Waals surface area contributed by atoms with Crippen molar-refractivity contribution in [1.82, 2.24) is 19.2 Å². The first-order chi connectivity index (χ1) is 9.83. The lowest BCUT2D eigenvalue weighted by Crippen LogP contribution is -2.34. The summed E-state index contributed by atoms with van der Waals surface area (Å²) in [7, 11) is 1.54. The van der Waals surface area contributed by atoms with Crippen molar-refractivity contribution in [2.45, 2.75) is 11.1 Å². The van der Waals surface area contributed by atoms with Gasteiger partial charge >= 0.3 is 0 Å². The Morgan fingerprint density at radius 2 is 2.24 bits per heavy atom. The maximum Gasteiger partial charge on any atom is 0.261 e. The van der Waals surface area contributed by atoms with Crippen molar-refractivity contribution in [2.24, 2.45) is 7.05 Å². The second-order valence-electron chi connectivity index (χ2n) is 4.80. The van der Waals surface area contributed by atoms with Gasteiger partial charge in [-0.3, -0.25) is 4.90 Å². The molecule has 21 heavy (non-hydrogen) atoms. The molecule has 2 aromatic rings. The zero-order chi connectivity index (χ0) is 15.6. The number of nitrogens with zero attached hydrogens (tertiary/aromatic N) is 3. The maximum absolute atomic E-state index is 12.2. The predicted molar refractivity (Wildman–Crippen MR) is 78.5 cm³/mol. The minimum atomic E-state index is -3.77. The summed E-state index contributed by atoms with van der Waals surface area (Å²) in [6, 6.07) is 3.33. The van der Waals surface area contributed by atoms with E-state index in [1.54, 1.807) is 25.4 Å². The van der Waals surface area contributed by atoms with Crippen LogP contribution >= 0.6 is 11.6 Å². The van der Waals surface area contributed by atoms with Crippen molar-refractivity contribution in [2.75, 3.05) is 20.6 Å². The maximum atomic E-state index is 12.2. The first kappa shape index (κ1) is 16.0. The van der Waals surface area contributed by atoms with Crippen LogP contribution in [0.3, 0.4) is 0 Å². The van der Waals surface area contributed by atoms with Gasteiger partial charge in [0.25, 0.3) is 10.0 Å². The number of sulfonamides is 1. The SMILES string of the molecule is CN(C)[C@H](CNS(=O)(=O)c1ncn(C)c1Cl)c1ccco1. The third kappa shape index (κ3) is 3.46. The molecule has 0 spiro atoms. The van der Waals surface area contributed by atoms with E-state index in [-0.39, 0.29) is 22.8 Å². The first-order valence-corrected chi connectivity index (χ1v) is 8.05. The highest BCUT2D eigenvalue weighted by Gasteiger charge is 2.25. The molecule has 116 valence electrons. The largest absolute Gasteiger partial charge is 0.468 e. The van der Waals surface area contributed by atoms with E-state index in [1.807, 2.05) is 19.0 Å². The average molecular weight is 333 g/mol. The summed E-state index contributed by atoms with van der Waals surface area (Å²) in [5, 5.41) is -0.106. The second-order valence-corrected chi connectivity index (χ2v) is 6.84. The highest BCUT2D eigenvalue weighted by atomic mass is 35.5. The van der Waals surface area contributed by atoms with Crippen LogP contribution in [-0.4, -0.2) is 43.5 Å². The molecular formula is C12H17ClN4O3S. The number of halogens is 1. The van der Waals surface area contributed by atoms with Crippen LogP contribution in [0.25, 0.3) is 0 Å². The number of likely N-dealkylation sites (N-methyl/N-ethyl adjacent to an activating group) is 1. The number of furan rings is 1. The molecule has 0 bridgehead atoms. The standard InChI is InChI=1S/C12H17ClN4O3S/c1-16(2)9(10-5-4-6-20-10)7-15-21(18,19)12-11(13)17(3)8-14-12/h4-6,8-9,15H,7H2,1-3H3/t9-/m1/s1. The molecule has 1 N–H and O–H groups in total. The molecule has 2 aromatic heterocycles. The van der Waals surface area contributed by atoms with Gasteiger partial charge in [-0.2, -0.15) is 0 Å². The molecule has 9 heteroatoms. The minimum absolute atomic E-state index is 0.0712. The summed E-state index contributed by atoms with van der Waals surface area (Å²) in [5.74, 6) is 0.676. The van der Waals surface area contributed by atoms with Crippen molar-refractivity contribution in [1.29, 1.82) is 0 Å². The monoisotopic (exact) mass is 332 g/mol. The number of hydrogen-bond donors (Lipinski definition) is 1. The Labute approximate surface area is 128 Å². The molecule has 2 heterocycles. The fourth-order valence-electron chi connectivity index (χ4n) is 1.85. The lowest BCUT2D eigenvalue weighted by molar-refractivity contribution is 0.259. The van der Waals surface area contributed by atoms with Crippen molar-refractivity contribution in [3.8, 4) is 0 Å². The highest BCUT2D eigenvalue weighted by molar-refractivity contribution is 7.89. The molecule has 1 atom stereocenters. The lowest BCUT2D eigenvalue weighted by Gasteiger charge is -2.22. The quantitative estimate of drug-likeness (QED) is 0.861. The summed E-state index contributed by atoms with van der Waals surface area (Å²) >= 11 is 5.92. The van der Waals surface area contributed by atoms with Gasteiger partial charge in [-0.1, -0.05) is 11.6 Å². The van der Waals surface area contributed by atoms with E-state index < -0.39 is 10.0 Å². The van der Waals surface area contributed by atoms with Crippen LogP contribution in [0.2, 0.25) is 5.15 Å². The second kappa shape index (κ2) is 6.18. The van der Waals surface area contributed by atoms with Gasteiger partial charge < -0.3 is 8.98 Å². The first-order valence-electron chi connectivity index (χ1n) is 6.19. The van der Waals surface area contributed by atoms with E-state index in [1.165, 1.54) is 10.9 Å². The normalized spacial score (nSPS) is 13.8. The van der Waals surface area contributed by atoms with Crippen LogP contribution in [0.15, 0.2) is 34.2 Å². The molecular weight excluding hydrogens is 316 g/mol. The number of rotatable bonds is 6. The van der Waals surface area contributed by atoms with Crippen LogP contribution in [0.1, 0.15) is 11.8 Å². The smallest absolute Gasteiger partial charge is 0.261 e. The molecule has 0 unspecified atom stereocenters. The lowest BCUT2D eigenvalue weighted by atomic mass is 10.2. The zero-order valence-corrected chi connectivity index (χ0v) is 13.5. The van der Waals surface area contributed by atoms with Gasteiger partial charge in [0.05, 0.1) is 18.6 Å². The molecule has 0 amide bonds.